The number of aromatic amines is 1. The Morgan fingerprint density at radius 3 is 2.25 bits per heavy atom. The van der Waals surface area contributed by atoms with E-state index in [4.69, 9.17) is 5.73 Å². The molecular weight excluding hydrogens is 301 g/mol. The van der Waals surface area contributed by atoms with Gasteiger partial charge in [-0.1, -0.05) is 36.4 Å². The molecule has 3 N–H and O–H groups in total. The van der Waals surface area contributed by atoms with Crippen LogP contribution in [0.3, 0.4) is 0 Å². The summed E-state index contributed by atoms with van der Waals surface area (Å²) in [6.45, 7) is 0.525. The van der Waals surface area contributed by atoms with Gasteiger partial charge in [-0.05, 0) is 40.5 Å². The number of nitrogens with one attached hydrogen (secondary N) is 1. The van der Waals surface area contributed by atoms with Crippen LogP contribution in [0.4, 0.5) is 4.39 Å². The van der Waals surface area contributed by atoms with Gasteiger partial charge in [0.25, 0.3) is 0 Å². The molecule has 2 aromatic carbocycles. The van der Waals surface area contributed by atoms with Gasteiger partial charge in [0, 0.05) is 29.9 Å². The van der Waals surface area contributed by atoms with Gasteiger partial charge in [-0.25, -0.2) is 9.37 Å². The predicted molar refractivity (Wildman–Crippen MR) is 94.8 cm³/mol. The van der Waals surface area contributed by atoms with Crippen molar-refractivity contribution in [3.8, 4) is 22.3 Å². The average Bonchev–Trinajstić information content (AvgIpc) is 3.07. The number of benzene rings is 2. The smallest absolute Gasteiger partial charge is 0.138 e. The third-order valence-corrected chi connectivity index (χ3v) is 4.23. The van der Waals surface area contributed by atoms with Gasteiger partial charge >= 0.3 is 0 Å². The zero-order valence-corrected chi connectivity index (χ0v) is 13.0. The number of hydrogen-bond donors (Lipinski definition) is 2. The zero-order chi connectivity index (χ0) is 16.5. The molecule has 0 bridgehead atoms. The molecule has 0 aliphatic heterocycles. The lowest BCUT2D eigenvalue weighted by molar-refractivity contribution is 0.628. The third kappa shape index (κ3) is 2.47. The van der Waals surface area contributed by atoms with E-state index in [9.17, 15) is 4.39 Å². The first kappa shape index (κ1) is 14.6. The zero-order valence-electron chi connectivity index (χ0n) is 13.0. The number of H-pyrrole nitrogens is 1. The van der Waals surface area contributed by atoms with Gasteiger partial charge in [0.1, 0.15) is 11.5 Å². The number of nitrogens with two attached hydrogens (primary N) is 1. The molecule has 4 rings (SSSR count). The number of halogens is 1. The largest absolute Gasteiger partial charge is 0.345 e. The summed E-state index contributed by atoms with van der Waals surface area (Å²) in [4.78, 5) is 7.62. The molecule has 0 saturated carbocycles. The van der Waals surface area contributed by atoms with Crippen LogP contribution in [0.5, 0.6) is 0 Å². The van der Waals surface area contributed by atoms with Crippen molar-refractivity contribution in [3.63, 3.8) is 0 Å². The first-order valence-corrected chi connectivity index (χ1v) is 7.77. The molecule has 0 aliphatic carbocycles. The van der Waals surface area contributed by atoms with E-state index in [1.807, 2.05) is 24.4 Å². The summed E-state index contributed by atoms with van der Waals surface area (Å²) < 4.78 is 13.2. The highest BCUT2D eigenvalue weighted by Crippen LogP contribution is 2.35. The van der Waals surface area contributed by atoms with E-state index >= 15 is 0 Å². The van der Waals surface area contributed by atoms with Crippen LogP contribution in [0, 0.1) is 5.82 Å². The molecule has 24 heavy (non-hydrogen) atoms. The van der Waals surface area contributed by atoms with Gasteiger partial charge in [0.2, 0.25) is 0 Å². The van der Waals surface area contributed by atoms with Crippen LogP contribution in [-0.4, -0.2) is 9.97 Å². The molecular formula is C20H16FN3. The van der Waals surface area contributed by atoms with E-state index in [0.717, 1.165) is 38.9 Å². The summed E-state index contributed by atoms with van der Waals surface area (Å²) >= 11 is 0. The Morgan fingerprint density at radius 1 is 0.875 bits per heavy atom. The molecule has 0 unspecified atom stereocenters. The number of hydrogen-bond acceptors (Lipinski definition) is 2. The van der Waals surface area contributed by atoms with Crippen molar-refractivity contribution in [2.75, 3.05) is 0 Å². The standard InChI is InChI=1S/C20H16FN3/c21-16-7-5-15(6-8-16)18-12-24-20-19(18)17(9-10-23-20)14-3-1-13(11-22)2-4-14/h1-10,12H,11,22H2,(H,23,24). The van der Waals surface area contributed by atoms with Crippen LogP contribution >= 0.6 is 0 Å². The predicted octanol–water partition coefficient (Wildman–Crippen LogP) is 4.49. The molecule has 0 saturated heterocycles. The van der Waals surface area contributed by atoms with E-state index in [-0.39, 0.29) is 5.82 Å². The molecule has 0 amide bonds. The maximum Gasteiger partial charge on any atom is 0.138 e. The third-order valence-electron chi connectivity index (χ3n) is 4.23. The molecule has 2 heterocycles. The first-order valence-electron chi connectivity index (χ1n) is 7.77. The van der Waals surface area contributed by atoms with Crippen LogP contribution < -0.4 is 5.73 Å². The highest BCUT2D eigenvalue weighted by atomic mass is 19.1. The summed E-state index contributed by atoms with van der Waals surface area (Å²) in [6.07, 6.45) is 3.71. The molecule has 4 heteroatoms. The Bertz CT molecular complexity index is 986. The molecule has 0 spiro atoms. The highest BCUT2D eigenvalue weighted by Gasteiger charge is 2.12. The van der Waals surface area contributed by atoms with Crippen molar-refractivity contribution in [2.45, 2.75) is 6.54 Å². The fourth-order valence-electron chi connectivity index (χ4n) is 2.97. The highest BCUT2D eigenvalue weighted by molar-refractivity contribution is 6.03. The van der Waals surface area contributed by atoms with Crippen molar-refractivity contribution in [1.29, 1.82) is 0 Å². The second kappa shape index (κ2) is 5.91. The number of rotatable bonds is 3. The Balaban J connectivity index is 1.92. The lowest BCUT2D eigenvalue weighted by Crippen LogP contribution is -1.95. The van der Waals surface area contributed by atoms with Crippen molar-refractivity contribution in [3.05, 3.63) is 78.4 Å². The van der Waals surface area contributed by atoms with Crippen molar-refractivity contribution < 1.29 is 4.39 Å². The normalized spacial score (nSPS) is 11.1. The summed E-state index contributed by atoms with van der Waals surface area (Å²) in [5.41, 5.74) is 11.7. The Hall–Kier alpha value is -2.98. The number of nitrogens with zero attached hydrogens (tertiary/aromatic N) is 1. The topological polar surface area (TPSA) is 54.7 Å². The average molecular weight is 317 g/mol. The van der Waals surface area contributed by atoms with E-state index < -0.39 is 0 Å². The van der Waals surface area contributed by atoms with E-state index in [0.29, 0.717) is 6.54 Å². The molecule has 4 aromatic rings. The van der Waals surface area contributed by atoms with Gasteiger partial charge in [-0.3, -0.25) is 0 Å². The summed E-state index contributed by atoms with van der Waals surface area (Å²) in [5, 5.41) is 1.03. The van der Waals surface area contributed by atoms with Gasteiger partial charge < -0.3 is 10.7 Å². The maximum absolute atomic E-state index is 13.2. The van der Waals surface area contributed by atoms with Gasteiger partial charge in [-0.15, -0.1) is 0 Å². The molecule has 118 valence electrons. The van der Waals surface area contributed by atoms with E-state index in [2.05, 4.69) is 22.1 Å². The van der Waals surface area contributed by atoms with Crippen molar-refractivity contribution >= 4 is 11.0 Å². The van der Waals surface area contributed by atoms with Crippen LogP contribution in [0.25, 0.3) is 33.3 Å². The SMILES string of the molecule is NCc1ccc(-c2ccnc3[nH]cc(-c4ccc(F)cc4)c23)cc1. The van der Waals surface area contributed by atoms with Gasteiger partial charge in [0.05, 0.1) is 0 Å². The molecule has 0 fully saturated rings. The minimum atomic E-state index is -0.241. The Kier molecular flexibility index (Phi) is 3.59. The van der Waals surface area contributed by atoms with E-state index in [1.165, 1.54) is 12.1 Å². The van der Waals surface area contributed by atoms with Crippen molar-refractivity contribution in [2.24, 2.45) is 5.73 Å². The Labute approximate surface area is 139 Å². The van der Waals surface area contributed by atoms with Gasteiger partial charge in [-0.2, -0.15) is 0 Å². The minimum absolute atomic E-state index is 0.241. The summed E-state index contributed by atoms with van der Waals surface area (Å²) in [5.74, 6) is -0.241. The second-order valence-corrected chi connectivity index (χ2v) is 5.69. The minimum Gasteiger partial charge on any atom is -0.345 e. The van der Waals surface area contributed by atoms with Crippen molar-refractivity contribution in [1.82, 2.24) is 9.97 Å². The van der Waals surface area contributed by atoms with Crippen LogP contribution in [-0.2, 0) is 6.54 Å². The number of aromatic nitrogens is 2. The molecule has 0 radical (unpaired) electrons. The van der Waals surface area contributed by atoms with Gasteiger partial charge in [0.15, 0.2) is 0 Å². The molecule has 2 aromatic heterocycles. The first-order chi connectivity index (χ1) is 11.8. The quantitative estimate of drug-likeness (QED) is 0.585. The fraction of sp³-hybridized carbons (Fsp3) is 0.0500. The Morgan fingerprint density at radius 2 is 1.54 bits per heavy atom. The molecule has 0 aliphatic rings. The van der Waals surface area contributed by atoms with E-state index in [1.54, 1.807) is 18.3 Å². The monoisotopic (exact) mass is 317 g/mol. The second-order valence-electron chi connectivity index (χ2n) is 5.69. The summed E-state index contributed by atoms with van der Waals surface area (Å²) in [6, 6.07) is 16.7. The summed E-state index contributed by atoms with van der Waals surface area (Å²) in [7, 11) is 0. The maximum atomic E-state index is 13.2. The molecule has 3 nitrogen and oxygen atoms in total. The number of fused-ring (bicyclic) bond motifs is 1. The molecule has 0 atom stereocenters. The lowest BCUT2D eigenvalue weighted by Gasteiger charge is -2.07. The lowest BCUT2D eigenvalue weighted by atomic mass is 9.97. The van der Waals surface area contributed by atoms with Crippen LogP contribution in [0.2, 0.25) is 0 Å². The number of pyridine rings is 1. The fourth-order valence-corrected chi connectivity index (χ4v) is 2.97. The van der Waals surface area contributed by atoms with Crippen LogP contribution in [0.1, 0.15) is 5.56 Å². The van der Waals surface area contributed by atoms with Crippen LogP contribution in [0.15, 0.2) is 67.0 Å².